The summed E-state index contributed by atoms with van der Waals surface area (Å²) >= 11 is 1.77. The van der Waals surface area contributed by atoms with Crippen molar-refractivity contribution < 1.29 is 8.42 Å². The molecule has 1 aromatic heterocycles. The number of aromatic nitrogens is 1. The van der Waals surface area contributed by atoms with Gasteiger partial charge in [0.1, 0.15) is 0 Å². The standard InChI is InChI=1S/C19H27N3O2S2/c1-3-15-5-4-6-17-18(15)20-19(25-17)22-11-9-14(10-12-22)13-21(2)26(23,24)16-7-8-16/h4-6,14,16H,3,7-13H2,1-2H3. The average molecular weight is 394 g/mol. The molecule has 2 aromatic rings. The van der Waals surface area contributed by atoms with Crippen LogP contribution >= 0.6 is 11.3 Å². The maximum atomic E-state index is 12.3. The molecular formula is C19H27N3O2S2. The van der Waals surface area contributed by atoms with Crippen LogP contribution in [0.25, 0.3) is 10.2 Å². The van der Waals surface area contributed by atoms with Gasteiger partial charge in [-0.3, -0.25) is 0 Å². The van der Waals surface area contributed by atoms with E-state index in [1.165, 1.54) is 10.3 Å². The number of hydrogen-bond donors (Lipinski definition) is 0. The van der Waals surface area contributed by atoms with Crippen LogP contribution in [0.4, 0.5) is 5.13 Å². The van der Waals surface area contributed by atoms with Gasteiger partial charge < -0.3 is 4.90 Å². The van der Waals surface area contributed by atoms with Gasteiger partial charge in [0.15, 0.2) is 5.13 Å². The van der Waals surface area contributed by atoms with Crippen LogP contribution in [0.3, 0.4) is 0 Å². The molecule has 0 radical (unpaired) electrons. The summed E-state index contributed by atoms with van der Waals surface area (Å²) in [6.45, 7) is 4.75. The summed E-state index contributed by atoms with van der Waals surface area (Å²) in [5, 5.41) is 1.00. The van der Waals surface area contributed by atoms with Crippen LogP contribution in [-0.2, 0) is 16.4 Å². The first-order valence-corrected chi connectivity index (χ1v) is 11.9. The van der Waals surface area contributed by atoms with Gasteiger partial charge in [0, 0.05) is 26.7 Å². The second kappa shape index (κ2) is 7.09. The molecule has 0 unspecified atom stereocenters. The number of hydrogen-bond acceptors (Lipinski definition) is 5. The Hall–Kier alpha value is -1.18. The summed E-state index contributed by atoms with van der Waals surface area (Å²) in [6.07, 6.45) is 4.73. The van der Waals surface area contributed by atoms with E-state index in [1.54, 1.807) is 22.7 Å². The Bertz CT molecular complexity index is 881. The number of para-hydroxylation sites is 1. The zero-order valence-electron chi connectivity index (χ0n) is 15.5. The zero-order valence-corrected chi connectivity index (χ0v) is 17.2. The minimum absolute atomic E-state index is 0.108. The molecule has 2 fully saturated rings. The second-order valence-corrected chi connectivity index (χ2v) is 10.9. The predicted molar refractivity (Wildman–Crippen MR) is 109 cm³/mol. The number of anilines is 1. The van der Waals surface area contributed by atoms with Gasteiger partial charge >= 0.3 is 0 Å². The number of piperidine rings is 1. The van der Waals surface area contributed by atoms with Crippen molar-refractivity contribution in [2.75, 3.05) is 31.6 Å². The van der Waals surface area contributed by atoms with Gasteiger partial charge in [0.25, 0.3) is 0 Å². The Morgan fingerprint density at radius 2 is 1.96 bits per heavy atom. The third-order valence-electron chi connectivity index (χ3n) is 5.65. The fourth-order valence-corrected chi connectivity index (χ4v) is 6.53. The molecule has 0 spiro atoms. The summed E-state index contributed by atoms with van der Waals surface area (Å²) in [5.74, 6) is 0.449. The van der Waals surface area contributed by atoms with Crippen molar-refractivity contribution in [1.82, 2.24) is 9.29 Å². The number of aryl methyl sites for hydroxylation is 1. The molecule has 0 amide bonds. The minimum atomic E-state index is -3.05. The predicted octanol–water partition coefficient (Wildman–Crippen LogP) is 3.50. The summed E-state index contributed by atoms with van der Waals surface area (Å²) in [5.41, 5.74) is 2.46. The molecule has 2 heterocycles. The lowest BCUT2D eigenvalue weighted by atomic mass is 9.97. The lowest BCUT2D eigenvalue weighted by Gasteiger charge is -2.33. The van der Waals surface area contributed by atoms with E-state index in [2.05, 4.69) is 30.0 Å². The average Bonchev–Trinajstić information content (AvgIpc) is 3.41. The van der Waals surface area contributed by atoms with Gasteiger partial charge in [-0.25, -0.2) is 17.7 Å². The van der Waals surface area contributed by atoms with Crippen LogP contribution in [0.2, 0.25) is 0 Å². The Morgan fingerprint density at radius 1 is 1.23 bits per heavy atom. The van der Waals surface area contributed by atoms with Crippen LogP contribution in [0.15, 0.2) is 18.2 Å². The Balaban J connectivity index is 1.39. The molecule has 1 aliphatic heterocycles. The molecule has 5 nitrogen and oxygen atoms in total. The molecule has 7 heteroatoms. The van der Waals surface area contributed by atoms with Crippen LogP contribution in [0.1, 0.15) is 38.2 Å². The molecule has 1 aromatic carbocycles. The fraction of sp³-hybridized carbons (Fsp3) is 0.632. The van der Waals surface area contributed by atoms with Crippen molar-refractivity contribution in [1.29, 1.82) is 0 Å². The summed E-state index contributed by atoms with van der Waals surface area (Å²) in [7, 11) is -1.30. The highest BCUT2D eigenvalue weighted by atomic mass is 32.2. The molecule has 142 valence electrons. The van der Waals surface area contributed by atoms with Crippen molar-refractivity contribution in [3.05, 3.63) is 23.8 Å². The number of sulfonamides is 1. The SMILES string of the molecule is CCc1cccc2sc(N3CCC(CN(C)S(=O)(=O)C4CC4)CC3)nc12. The first kappa shape index (κ1) is 18.2. The quantitative estimate of drug-likeness (QED) is 0.754. The molecule has 1 saturated carbocycles. The topological polar surface area (TPSA) is 53.5 Å². The molecule has 0 bridgehead atoms. The molecule has 2 aliphatic rings. The molecule has 0 N–H and O–H groups in total. The number of nitrogens with zero attached hydrogens (tertiary/aromatic N) is 3. The van der Waals surface area contributed by atoms with E-state index in [-0.39, 0.29) is 5.25 Å². The maximum Gasteiger partial charge on any atom is 0.216 e. The lowest BCUT2D eigenvalue weighted by molar-refractivity contribution is 0.327. The van der Waals surface area contributed by atoms with Crippen LogP contribution < -0.4 is 4.90 Å². The van der Waals surface area contributed by atoms with E-state index in [0.717, 1.165) is 55.8 Å². The molecule has 0 atom stereocenters. The number of fused-ring (bicyclic) bond motifs is 1. The van der Waals surface area contributed by atoms with Gasteiger partial charge in [-0.1, -0.05) is 30.4 Å². The van der Waals surface area contributed by atoms with Gasteiger partial charge in [0.05, 0.1) is 15.5 Å². The number of benzene rings is 1. The summed E-state index contributed by atoms with van der Waals surface area (Å²) in [6, 6.07) is 6.43. The van der Waals surface area contributed by atoms with Crippen molar-refractivity contribution in [3.63, 3.8) is 0 Å². The second-order valence-electron chi connectivity index (χ2n) is 7.57. The molecule has 1 saturated heterocycles. The van der Waals surface area contributed by atoms with Gasteiger partial charge in [-0.05, 0) is 49.7 Å². The van der Waals surface area contributed by atoms with E-state index in [4.69, 9.17) is 4.98 Å². The van der Waals surface area contributed by atoms with E-state index in [1.807, 2.05) is 0 Å². The van der Waals surface area contributed by atoms with Gasteiger partial charge in [0.2, 0.25) is 10.0 Å². The van der Waals surface area contributed by atoms with Crippen molar-refractivity contribution >= 4 is 36.7 Å². The van der Waals surface area contributed by atoms with Crippen LogP contribution in [-0.4, -0.2) is 49.6 Å². The Morgan fingerprint density at radius 3 is 2.62 bits per heavy atom. The largest absolute Gasteiger partial charge is 0.348 e. The first-order valence-electron chi connectivity index (χ1n) is 9.57. The zero-order chi connectivity index (χ0) is 18.3. The molecule has 26 heavy (non-hydrogen) atoms. The smallest absolute Gasteiger partial charge is 0.216 e. The Labute approximate surface area is 160 Å². The van der Waals surface area contributed by atoms with Crippen LogP contribution in [0, 0.1) is 5.92 Å². The minimum Gasteiger partial charge on any atom is -0.348 e. The molecule has 4 rings (SSSR count). The van der Waals surface area contributed by atoms with Crippen molar-refractivity contribution in [3.8, 4) is 0 Å². The lowest BCUT2D eigenvalue weighted by Crippen LogP contribution is -2.40. The van der Waals surface area contributed by atoms with E-state index in [9.17, 15) is 8.42 Å². The summed E-state index contributed by atoms with van der Waals surface area (Å²) < 4.78 is 27.5. The summed E-state index contributed by atoms with van der Waals surface area (Å²) in [4.78, 5) is 7.27. The maximum absolute atomic E-state index is 12.3. The number of thiazole rings is 1. The van der Waals surface area contributed by atoms with E-state index in [0.29, 0.717) is 12.5 Å². The monoisotopic (exact) mass is 393 g/mol. The normalized spacial score (nSPS) is 19.6. The molecule has 1 aliphatic carbocycles. The van der Waals surface area contributed by atoms with Gasteiger partial charge in [-0.2, -0.15) is 0 Å². The highest BCUT2D eigenvalue weighted by Gasteiger charge is 2.39. The van der Waals surface area contributed by atoms with E-state index < -0.39 is 10.0 Å². The fourth-order valence-electron chi connectivity index (χ4n) is 3.81. The van der Waals surface area contributed by atoms with E-state index >= 15 is 0 Å². The van der Waals surface area contributed by atoms with Crippen molar-refractivity contribution in [2.24, 2.45) is 5.92 Å². The third kappa shape index (κ3) is 3.49. The highest BCUT2D eigenvalue weighted by Crippen LogP contribution is 2.34. The van der Waals surface area contributed by atoms with Gasteiger partial charge in [-0.15, -0.1) is 0 Å². The highest BCUT2D eigenvalue weighted by molar-refractivity contribution is 7.90. The molecular weight excluding hydrogens is 366 g/mol. The van der Waals surface area contributed by atoms with Crippen molar-refractivity contribution in [2.45, 2.75) is 44.3 Å². The third-order valence-corrected chi connectivity index (χ3v) is 9.07. The first-order chi connectivity index (χ1) is 12.5. The number of rotatable bonds is 6. The van der Waals surface area contributed by atoms with Crippen LogP contribution in [0.5, 0.6) is 0 Å². The Kier molecular flexibility index (Phi) is 4.96.